The van der Waals surface area contributed by atoms with E-state index in [2.05, 4.69) is 20.1 Å². The average molecular weight is 294 g/mol. The first kappa shape index (κ1) is 12.9. The lowest BCUT2D eigenvalue weighted by Crippen LogP contribution is -2.07. The molecule has 0 aromatic carbocycles. The monoisotopic (exact) mass is 293 g/mol. The fraction of sp³-hybridized carbons (Fsp3) is 0.333. The van der Waals surface area contributed by atoms with Crippen molar-refractivity contribution >= 4 is 22.8 Å². The van der Waals surface area contributed by atoms with Crippen molar-refractivity contribution in [1.82, 2.24) is 24.7 Å². The minimum atomic E-state index is 0.310. The van der Waals surface area contributed by atoms with Crippen LogP contribution in [0.5, 0.6) is 5.88 Å². The van der Waals surface area contributed by atoms with Crippen molar-refractivity contribution in [1.29, 1.82) is 0 Å². The van der Waals surface area contributed by atoms with Gasteiger partial charge in [0.2, 0.25) is 12.3 Å². The van der Waals surface area contributed by atoms with E-state index in [1.807, 2.05) is 10.6 Å². The number of halogens is 1. The second-order valence-electron chi connectivity index (χ2n) is 4.11. The molecule has 20 heavy (non-hydrogen) atoms. The molecule has 0 bridgehead atoms. The van der Waals surface area contributed by atoms with E-state index in [-0.39, 0.29) is 0 Å². The van der Waals surface area contributed by atoms with Crippen LogP contribution in [0.2, 0.25) is 0 Å². The molecule has 0 aliphatic rings. The molecule has 0 aliphatic carbocycles. The summed E-state index contributed by atoms with van der Waals surface area (Å²) in [7, 11) is 1.58. The fourth-order valence-electron chi connectivity index (χ4n) is 2.00. The van der Waals surface area contributed by atoms with Crippen LogP contribution in [-0.2, 0) is 18.8 Å². The van der Waals surface area contributed by atoms with Gasteiger partial charge in [-0.05, 0) is 6.07 Å². The minimum absolute atomic E-state index is 0.310. The van der Waals surface area contributed by atoms with E-state index >= 15 is 0 Å². The van der Waals surface area contributed by atoms with Gasteiger partial charge < -0.3 is 13.8 Å². The summed E-state index contributed by atoms with van der Waals surface area (Å²) in [6.45, 7) is 0.623. The second kappa shape index (κ2) is 5.46. The van der Waals surface area contributed by atoms with Crippen molar-refractivity contribution in [3.05, 3.63) is 30.2 Å². The van der Waals surface area contributed by atoms with Crippen LogP contribution in [0, 0.1) is 0 Å². The van der Waals surface area contributed by atoms with E-state index < -0.39 is 0 Å². The number of fused-ring (bicyclic) bond motifs is 1. The Morgan fingerprint density at radius 3 is 2.95 bits per heavy atom. The van der Waals surface area contributed by atoms with Crippen molar-refractivity contribution in [2.75, 3.05) is 7.11 Å². The lowest BCUT2D eigenvalue weighted by Gasteiger charge is -2.05. The van der Waals surface area contributed by atoms with Gasteiger partial charge in [0.1, 0.15) is 11.3 Å². The Labute approximate surface area is 119 Å². The van der Waals surface area contributed by atoms with Crippen LogP contribution in [0.15, 0.2) is 23.0 Å². The van der Waals surface area contributed by atoms with Crippen molar-refractivity contribution in [2.24, 2.45) is 0 Å². The van der Waals surface area contributed by atoms with Crippen LogP contribution in [0.4, 0.5) is 0 Å². The van der Waals surface area contributed by atoms with Crippen LogP contribution in [0.3, 0.4) is 0 Å². The van der Waals surface area contributed by atoms with Crippen LogP contribution in [0.25, 0.3) is 11.2 Å². The first-order chi connectivity index (χ1) is 9.81. The molecule has 0 saturated carbocycles. The summed E-state index contributed by atoms with van der Waals surface area (Å²) in [5.74, 6) is 2.24. The van der Waals surface area contributed by atoms with Crippen LogP contribution in [0.1, 0.15) is 11.6 Å². The summed E-state index contributed by atoms with van der Waals surface area (Å²) in [6, 6.07) is 3.64. The number of pyridine rings is 1. The normalized spacial score (nSPS) is 11.1. The first-order valence-electron chi connectivity index (χ1n) is 6.03. The highest BCUT2D eigenvalue weighted by Gasteiger charge is 2.13. The minimum Gasteiger partial charge on any atom is -0.481 e. The standard InChI is InChI=1S/C12H12ClN5O2/c1-19-11-3-2-8-12(16-11)18(10(6-13)15-8)5-4-9-14-7-20-17-9/h2-3,7H,4-6H2,1H3. The van der Waals surface area contributed by atoms with E-state index in [9.17, 15) is 0 Å². The van der Waals surface area contributed by atoms with E-state index in [4.69, 9.17) is 20.9 Å². The Balaban J connectivity index is 1.97. The number of alkyl halides is 1. The summed E-state index contributed by atoms with van der Waals surface area (Å²) in [5, 5.41) is 3.79. The third kappa shape index (κ3) is 2.32. The predicted octanol–water partition coefficient (Wildman–Crippen LogP) is 1.80. The SMILES string of the molecule is COc1ccc2nc(CCl)n(CCc3ncon3)c2n1. The van der Waals surface area contributed by atoms with Gasteiger partial charge in [0.25, 0.3) is 0 Å². The van der Waals surface area contributed by atoms with E-state index in [1.165, 1.54) is 6.39 Å². The number of aromatic nitrogens is 5. The van der Waals surface area contributed by atoms with E-state index in [0.717, 1.165) is 17.0 Å². The molecule has 3 heterocycles. The van der Waals surface area contributed by atoms with Crippen molar-refractivity contribution in [3.63, 3.8) is 0 Å². The molecule has 0 spiro atoms. The quantitative estimate of drug-likeness (QED) is 0.668. The lowest BCUT2D eigenvalue weighted by molar-refractivity contribution is 0.398. The van der Waals surface area contributed by atoms with Gasteiger partial charge in [-0.3, -0.25) is 0 Å². The van der Waals surface area contributed by atoms with Crippen LogP contribution >= 0.6 is 11.6 Å². The molecule has 3 aromatic heterocycles. The third-order valence-corrected chi connectivity index (χ3v) is 3.18. The molecule has 0 radical (unpaired) electrons. The number of nitrogens with zero attached hydrogens (tertiary/aromatic N) is 5. The Hall–Kier alpha value is -2.15. The maximum absolute atomic E-state index is 5.95. The van der Waals surface area contributed by atoms with Crippen LogP contribution in [-0.4, -0.2) is 31.8 Å². The molecule has 0 amide bonds. The second-order valence-corrected chi connectivity index (χ2v) is 4.37. The molecule has 0 N–H and O–H groups in total. The number of aryl methyl sites for hydroxylation is 2. The van der Waals surface area contributed by atoms with Gasteiger partial charge in [0.15, 0.2) is 11.5 Å². The molecule has 8 heteroatoms. The Kier molecular flexibility index (Phi) is 3.51. The van der Waals surface area contributed by atoms with Gasteiger partial charge >= 0.3 is 0 Å². The molecule has 0 unspecified atom stereocenters. The Morgan fingerprint density at radius 1 is 1.35 bits per heavy atom. The Bertz CT molecular complexity index is 710. The zero-order chi connectivity index (χ0) is 13.9. The molecular formula is C12H12ClN5O2. The molecule has 3 rings (SSSR count). The summed E-state index contributed by atoms with van der Waals surface area (Å²) in [5.41, 5.74) is 1.53. The molecule has 0 saturated heterocycles. The summed E-state index contributed by atoms with van der Waals surface area (Å²) >= 11 is 5.95. The van der Waals surface area contributed by atoms with Crippen molar-refractivity contribution in [3.8, 4) is 5.88 Å². The highest BCUT2D eigenvalue weighted by molar-refractivity contribution is 6.16. The summed E-state index contributed by atoms with van der Waals surface area (Å²) in [6.07, 6.45) is 1.93. The van der Waals surface area contributed by atoms with Gasteiger partial charge in [0, 0.05) is 19.0 Å². The zero-order valence-electron chi connectivity index (χ0n) is 10.8. The molecule has 104 valence electrons. The number of rotatable bonds is 5. The fourth-order valence-corrected chi connectivity index (χ4v) is 2.20. The van der Waals surface area contributed by atoms with Crippen LogP contribution < -0.4 is 4.74 Å². The Morgan fingerprint density at radius 2 is 2.25 bits per heavy atom. The summed E-state index contributed by atoms with van der Waals surface area (Å²) in [4.78, 5) is 12.9. The zero-order valence-corrected chi connectivity index (χ0v) is 11.5. The van der Waals surface area contributed by atoms with Gasteiger partial charge in [-0.25, -0.2) is 4.98 Å². The number of ether oxygens (including phenoxy) is 1. The predicted molar refractivity (Wildman–Crippen MR) is 71.6 cm³/mol. The summed E-state index contributed by atoms with van der Waals surface area (Å²) < 4.78 is 11.8. The van der Waals surface area contributed by atoms with Gasteiger partial charge in [-0.15, -0.1) is 11.6 Å². The molecule has 3 aromatic rings. The van der Waals surface area contributed by atoms with E-state index in [0.29, 0.717) is 30.5 Å². The van der Waals surface area contributed by atoms with Gasteiger partial charge in [-0.1, -0.05) is 5.16 Å². The number of hydrogen-bond donors (Lipinski definition) is 0. The van der Waals surface area contributed by atoms with Gasteiger partial charge in [0.05, 0.1) is 13.0 Å². The maximum Gasteiger partial charge on any atom is 0.215 e. The molecule has 0 aliphatic heterocycles. The highest BCUT2D eigenvalue weighted by atomic mass is 35.5. The topological polar surface area (TPSA) is 78.9 Å². The molecule has 7 nitrogen and oxygen atoms in total. The number of imidazole rings is 1. The van der Waals surface area contributed by atoms with E-state index in [1.54, 1.807) is 13.2 Å². The van der Waals surface area contributed by atoms with Crippen molar-refractivity contribution < 1.29 is 9.26 Å². The molecular weight excluding hydrogens is 282 g/mol. The first-order valence-corrected chi connectivity index (χ1v) is 6.56. The van der Waals surface area contributed by atoms with Gasteiger partial charge in [-0.2, -0.15) is 9.97 Å². The molecule has 0 atom stereocenters. The third-order valence-electron chi connectivity index (χ3n) is 2.94. The average Bonchev–Trinajstić information content (AvgIpc) is 3.11. The number of hydrogen-bond acceptors (Lipinski definition) is 6. The lowest BCUT2D eigenvalue weighted by atomic mass is 10.4. The number of methoxy groups -OCH3 is 1. The highest BCUT2D eigenvalue weighted by Crippen LogP contribution is 2.19. The maximum atomic E-state index is 5.95. The van der Waals surface area contributed by atoms with Crippen molar-refractivity contribution in [2.45, 2.75) is 18.8 Å². The molecule has 0 fully saturated rings. The largest absolute Gasteiger partial charge is 0.481 e. The smallest absolute Gasteiger partial charge is 0.215 e.